The van der Waals surface area contributed by atoms with Crippen LogP contribution in [0.5, 0.6) is 0 Å². The minimum absolute atomic E-state index is 0.135. The first-order chi connectivity index (χ1) is 18.8. The monoisotopic (exact) mass is 577 g/mol. The Bertz CT molecular complexity index is 1740. The van der Waals surface area contributed by atoms with E-state index >= 15 is 0 Å². The Hall–Kier alpha value is -3.66. The first kappa shape index (κ1) is 25.6. The summed E-state index contributed by atoms with van der Waals surface area (Å²) in [6.45, 7) is 2.52. The first-order valence-corrected chi connectivity index (χ1v) is 15.1. The number of furan rings is 1. The lowest BCUT2D eigenvalue weighted by Gasteiger charge is -2.30. The van der Waals surface area contributed by atoms with E-state index in [2.05, 4.69) is 0 Å². The maximum Gasteiger partial charge on any atom is 0.264 e. The standard InChI is InChI=1S/C29H24ClN3O4S2/c1-19-10-15-24(30)27-26(19)31-29(38-27)32(18-22-8-5-17-37-22)28(34)21-11-13-23(14-12-21)39(35,36)33-16-4-7-20-6-2-3-9-25(20)33/h2-3,5-6,8-15,17H,4,7,16,18H2,1H3. The number of rotatable bonds is 6. The number of hydrogen-bond acceptors (Lipinski definition) is 6. The van der Waals surface area contributed by atoms with Crippen molar-refractivity contribution in [2.45, 2.75) is 31.2 Å². The summed E-state index contributed by atoms with van der Waals surface area (Å²) in [5, 5.41) is 1.04. The molecule has 0 saturated heterocycles. The number of carbonyl (C=O) groups excluding carboxylic acids is 1. The molecule has 3 heterocycles. The van der Waals surface area contributed by atoms with E-state index in [0.717, 1.165) is 34.2 Å². The van der Waals surface area contributed by atoms with Crippen molar-refractivity contribution in [3.8, 4) is 0 Å². The van der Waals surface area contributed by atoms with Crippen LogP contribution in [0.1, 0.15) is 33.7 Å². The second-order valence-electron chi connectivity index (χ2n) is 9.34. The van der Waals surface area contributed by atoms with Crippen LogP contribution in [-0.4, -0.2) is 25.9 Å². The fourth-order valence-electron chi connectivity index (χ4n) is 4.79. The fraction of sp³-hybridized carbons (Fsp3) is 0.172. The highest BCUT2D eigenvalue weighted by atomic mass is 35.5. The van der Waals surface area contributed by atoms with Gasteiger partial charge in [0.05, 0.1) is 38.6 Å². The lowest BCUT2D eigenvalue weighted by atomic mass is 10.0. The molecular weight excluding hydrogens is 554 g/mol. The highest BCUT2D eigenvalue weighted by molar-refractivity contribution is 7.92. The maximum atomic E-state index is 13.8. The van der Waals surface area contributed by atoms with Gasteiger partial charge < -0.3 is 4.42 Å². The van der Waals surface area contributed by atoms with Crippen molar-refractivity contribution >= 4 is 59.9 Å². The van der Waals surface area contributed by atoms with Crippen molar-refractivity contribution in [1.82, 2.24) is 4.98 Å². The number of hydrogen-bond donors (Lipinski definition) is 0. The number of fused-ring (bicyclic) bond motifs is 2. The lowest BCUT2D eigenvalue weighted by molar-refractivity contribution is 0.0983. The van der Waals surface area contributed by atoms with Crippen molar-refractivity contribution in [2.24, 2.45) is 0 Å². The van der Waals surface area contributed by atoms with E-state index in [9.17, 15) is 13.2 Å². The van der Waals surface area contributed by atoms with Gasteiger partial charge in [-0.3, -0.25) is 14.0 Å². The molecule has 0 N–H and O–H groups in total. The zero-order chi connectivity index (χ0) is 27.1. The molecule has 0 unspecified atom stereocenters. The molecule has 198 valence electrons. The number of halogens is 1. The van der Waals surface area contributed by atoms with Crippen molar-refractivity contribution in [3.05, 3.63) is 107 Å². The second kappa shape index (κ2) is 10.1. The number of para-hydroxylation sites is 1. The number of nitrogens with zero attached hydrogens (tertiary/aromatic N) is 3. The summed E-state index contributed by atoms with van der Waals surface area (Å²) in [6, 6.07) is 20.9. The highest BCUT2D eigenvalue weighted by Gasteiger charge is 2.30. The number of thiazole rings is 1. The smallest absolute Gasteiger partial charge is 0.264 e. The van der Waals surface area contributed by atoms with Gasteiger partial charge in [0.1, 0.15) is 5.76 Å². The van der Waals surface area contributed by atoms with Crippen molar-refractivity contribution < 1.29 is 17.6 Å². The van der Waals surface area contributed by atoms with Gasteiger partial charge in [-0.1, -0.05) is 47.2 Å². The van der Waals surface area contributed by atoms with Crippen LogP contribution >= 0.6 is 22.9 Å². The summed E-state index contributed by atoms with van der Waals surface area (Å²) in [5.41, 5.74) is 3.75. The van der Waals surface area contributed by atoms with Gasteiger partial charge in [0.15, 0.2) is 5.13 Å². The zero-order valence-electron chi connectivity index (χ0n) is 21.0. The number of anilines is 2. The molecule has 0 aliphatic carbocycles. The summed E-state index contributed by atoms with van der Waals surface area (Å²) in [6.07, 6.45) is 3.15. The van der Waals surface area contributed by atoms with Gasteiger partial charge in [0, 0.05) is 12.1 Å². The van der Waals surface area contributed by atoms with E-state index in [-0.39, 0.29) is 17.3 Å². The maximum absolute atomic E-state index is 13.8. The van der Waals surface area contributed by atoms with E-state index in [4.69, 9.17) is 21.0 Å². The number of benzene rings is 3. The molecule has 1 amide bonds. The first-order valence-electron chi connectivity index (χ1n) is 12.4. The Morgan fingerprint density at radius 1 is 1.08 bits per heavy atom. The van der Waals surface area contributed by atoms with Crippen LogP contribution in [0.2, 0.25) is 5.02 Å². The van der Waals surface area contributed by atoms with Crippen LogP contribution < -0.4 is 9.21 Å². The summed E-state index contributed by atoms with van der Waals surface area (Å²) < 4.78 is 34.9. The van der Waals surface area contributed by atoms with Crippen molar-refractivity contribution in [3.63, 3.8) is 0 Å². The summed E-state index contributed by atoms with van der Waals surface area (Å²) in [7, 11) is -3.79. The average Bonchev–Trinajstić information content (AvgIpc) is 3.64. The van der Waals surface area contributed by atoms with Crippen LogP contribution in [0.3, 0.4) is 0 Å². The zero-order valence-corrected chi connectivity index (χ0v) is 23.4. The van der Waals surface area contributed by atoms with Crippen molar-refractivity contribution in [2.75, 3.05) is 15.7 Å². The van der Waals surface area contributed by atoms with Crippen LogP contribution in [-0.2, 0) is 23.0 Å². The van der Waals surface area contributed by atoms with Gasteiger partial charge in [-0.2, -0.15) is 0 Å². The van der Waals surface area contributed by atoms with Crippen LogP contribution in [0.15, 0.2) is 88.4 Å². The molecule has 39 heavy (non-hydrogen) atoms. The molecule has 5 aromatic rings. The van der Waals surface area contributed by atoms with E-state index in [1.54, 1.807) is 30.5 Å². The Labute approximate surface area is 235 Å². The Kier molecular flexibility index (Phi) is 6.66. The third-order valence-corrected chi connectivity index (χ3v) is 10.2. The normalized spacial score (nSPS) is 13.4. The number of carbonyl (C=O) groups is 1. The van der Waals surface area contributed by atoms with Gasteiger partial charge in [-0.25, -0.2) is 13.4 Å². The van der Waals surface area contributed by atoms with Gasteiger partial charge >= 0.3 is 0 Å². The molecule has 7 nitrogen and oxygen atoms in total. The molecule has 1 aliphatic heterocycles. The fourth-order valence-corrected chi connectivity index (χ4v) is 7.65. The van der Waals surface area contributed by atoms with Crippen LogP contribution in [0, 0.1) is 6.92 Å². The van der Waals surface area contributed by atoms with Gasteiger partial charge in [0.2, 0.25) is 0 Å². The molecule has 0 spiro atoms. The molecule has 0 bridgehead atoms. The van der Waals surface area contributed by atoms with Crippen LogP contribution in [0.25, 0.3) is 10.2 Å². The molecule has 10 heteroatoms. The summed E-state index contributed by atoms with van der Waals surface area (Å²) in [4.78, 5) is 20.2. The largest absolute Gasteiger partial charge is 0.467 e. The molecule has 0 saturated carbocycles. The van der Waals surface area contributed by atoms with Gasteiger partial charge in [-0.15, -0.1) is 0 Å². The summed E-state index contributed by atoms with van der Waals surface area (Å²) >= 11 is 7.76. The molecular formula is C29H24ClN3O4S2. The number of aryl methyl sites for hydroxylation is 2. The van der Waals surface area contributed by atoms with E-state index in [1.165, 1.54) is 32.7 Å². The second-order valence-corrected chi connectivity index (χ2v) is 12.6. The molecule has 2 aromatic heterocycles. The predicted molar refractivity (Wildman–Crippen MR) is 154 cm³/mol. The molecule has 1 aliphatic rings. The average molecular weight is 578 g/mol. The quantitative estimate of drug-likeness (QED) is 0.221. The summed E-state index contributed by atoms with van der Waals surface area (Å²) in [5.74, 6) is 0.264. The molecule has 3 aromatic carbocycles. The number of aromatic nitrogens is 1. The number of sulfonamides is 1. The molecule has 0 radical (unpaired) electrons. The Balaban J connectivity index is 1.34. The lowest BCUT2D eigenvalue weighted by Crippen LogP contribution is -2.35. The highest BCUT2D eigenvalue weighted by Crippen LogP contribution is 2.37. The Morgan fingerprint density at radius 3 is 2.62 bits per heavy atom. The third-order valence-electron chi connectivity index (χ3n) is 6.81. The van der Waals surface area contributed by atoms with E-state index in [0.29, 0.717) is 33.7 Å². The Morgan fingerprint density at radius 2 is 1.87 bits per heavy atom. The topological polar surface area (TPSA) is 83.7 Å². The third kappa shape index (κ3) is 4.71. The minimum atomic E-state index is -3.79. The van der Waals surface area contributed by atoms with Gasteiger partial charge in [-0.05, 0) is 79.4 Å². The molecule has 6 rings (SSSR count). The predicted octanol–water partition coefficient (Wildman–Crippen LogP) is 6.84. The van der Waals surface area contributed by atoms with Crippen LogP contribution in [0.4, 0.5) is 10.8 Å². The molecule has 0 atom stereocenters. The SMILES string of the molecule is Cc1ccc(Cl)c2sc(N(Cc3ccco3)C(=O)c3ccc(S(=O)(=O)N4CCCc5ccccc54)cc3)nc12. The number of amides is 1. The minimum Gasteiger partial charge on any atom is -0.467 e. The van der Waals surface area contributed by atoms with E-state index < -0.39 is 10.0 Å². The van der Waals surface area contributed by atoms with Crippen molar-refractivity contribution in [1.29, 1.82) is 0 Å². The molecule has 0 fully saturated rings. The van der Waals surface area contributed by atoms with E-state index in [1.807, 2.05) is 43.3 Å². The van der Waals surface area contributed by atoms with Gasteiger partial charge in [0.25, 0.3) is 15.9 Å².